The molecule has 34 heavy (non-hydrogen) atoms. The molecule has 1 aromatic heterocycles. The molecule has 0 unspecified atom stereocenters. The van der Waals surface area contributed by atoms with Gasteiger partial charge >= 0.3 is 0 Å². The minimum absolute atomic E-state index is 0.667. The molecule has 1 aliphatic heterocycles. The molecule has 2 heterocycles. The van der Waals surface area contributed by atoms with Crippen molar-refractivity contribution >= 4 is 34.8 Å². The van der Waals surface area contributed by atoms with Crippen LogP contribution in [-0.2, 0) is 0 Å². The summed E-state index contributed by atoms with van der Waals surface area (Å²) in [6.45, 7) is 4.01. The van der Waals surface area contributed by atoms with Crippen LogP contribution in [0, 0.1) is 5.41 Å². The van der Waals surface area contributed by atoms with E-state index >= 15 is 0 Å². The largest absolute Gasteiger partial charge is 0.494 e. The van der Waals surface area contributed by atoms with Gasteiger partial charge in [-0.05, 0) is 19.2 Å². The zero-order valence-corrected chi connectivity index (χ0v) is 20.1. The quantitative estimate of drug-likeness (QED) is 0.377. The summed E-state index contributed by atoms with van der Waals surface area (Å²) in [5, 5.41) is 17.4. The molecule has 0 atom stereocenters. The molecule has 0 saturated carbocycles. The van der Waals surface area contributed by atoms with Crippen molar-refractivity contribution in [1.29, 1.82) is 5.41 Å². The maximum Gasteiger partial charge on any atom is 0.144 e. The van der Waals surface area contributed by atoms with Crippen LogP contribution >= 0.6 is 0 Å². The lowest BCUT2D eigenvalue weighted by molar-refractivity contribution is 0.313. The first kappa shape index (κ1) is 23.3. The maximum absolute atomic E-state index is 7.56. The van der Waals surface area contributed by atoms with Crippen molar-refractivity contribution in [3.8, 4) is 17.0 Å². The SMILES string of the molecule is CNc1cc(-c2cc(Nc3cc(NC)c(N4CCN(C)CC4)cc3OC)ncn2)ccc1C=N. The minimum atomic E-state index is 0.667. The summed E-state index contributed by atoms with van der Waals surface area (Å²) in [5.41, 5.74) is 6.41. The maximum atomic E-state index is 7.56. The molecule has 0 amide bonds. The second-order valence-corrected chi connectivity index (χ2v) is 8.22. The Bertz CT molecular complexity index is 1160. The highest BCUT2D eigenvalue weighted by atomic mass is 16.5. The second kappa shape index (κ2) is 10.4. The molecule has 178 valence electrons. The summed E-state index contributed by atoms with van der Waals surface area (Å²) in [5.74, 6) is 1.42. The topological polar surface area (TPSA) is 101 Å². The highest BCUT2D eigenvalue weighted by Crippen LogP contribution is 2.38. The van der Waals surface area contributed by atoms with E-state index in [1.54, 1.807) is 13.4 Å². The van der Waals surface area contributed by atoms with Gasteiger partial charge in [0.1, 0.15) is 17.9 Å². The van der Waals surface area contributed by atoms with Gasteiger partial charge in [-0.1, -0.05) is 12.1 Å². The van der Waals surface area contributed by atoms with Crippen molar-refractivity contribution in [3.05, 3.63) is 48.3 Å². The van der Waals surface area contributed by atoms with E-state index in [-0.39, 0.29) is 0 Å². The van der Waals surface area contributed by atoms with Gasteiger partial charge in [0, 0.05) is 75.4 Å². The highest BCUT2D eigenvalue weighted by molar-refractivity contribution is 5.88. The van der Waals surface area contributed by atoms with Gasteiger partial charge in [-0.2, -0.15) is 0 Å². The number of anilines is 5. The molecule has 0 aliphatic carbocycles. The first-order chi connectivity index (χ1) is 16.6. The van der Waals surface area contributed by atoms with Crippen molar-refractivity contribution in [2.24, 2.45) is 0 Å². The van der Waals surface area contributed by atoms with Crippen LogP contribution in [0.5, 0.6) is 5.75 Å². The van der Waals surface area contributed by atoms with Crippen LogP contribution < -0.4 is 25.6 Å². The molecule has 0 bridgehead atoms. The second-order valence-electron chi connectivity index (χ2n) is 8.22. The fraction of sp³-hybridized carbons (Fsp3) is 0.320. The molecule has 3 aromatic rings. The fourth-order valence-electron chi connectivity index (χ4n) is 4.12. The molecule has 0 spiro atoms. The Morgan fingerprint density at radius 2 is 1.71 bits per heavy atom. The molecule has 4 N–H and O–H groups in total. The zero-order valence-electron chi connectivity index (χ0n) is 20.1. The van der Waals surface area contributed by atoms with Crippen LogP contribution in [0.3, 0.4) is 0 Å². The van der Waals surface area contributed by atoms with Gasteiger partial charge in [0.15, 0.2) is 0 Å². The number of likely N-dealkylation sites (N-methyl/N-ethyl adjacent to an activating group) is 1. The first-order valence-electron chi connectivity index (χ1n) is 11.3. The number of methoxy groups -OCH3 is 1. The highest BCUT2D eigenvalue weighted by Gasteiger charge is 2.20. The summed E-state index contributed by atoms with van der Waals surface area (Å²) in [7, 11) is 7.62. The van der Waals surface area contributed by atoms with Gasteiger partial charge in [-0.3, -0.25) is 0 Å². The number of hydrogen-bond acceptors (Lipinski definition) is 9. The predicted octanol–water partition coefficient (Wildman–Crippen LogP) is 3.73. The van der Waals surface area contributed by atoms with Gasteiger partial charge in [0.25, 0.3) is 0 Å². The molecule has 0 radical (unpaired) electrons. The zero-order chi connectivity index (χ0) is 24.1. The van der Waals surface area contributed by atoms with Crippen molar-refractivity contribution < 1.29 is 4.74 Å². The van der Waals surface area contributed by atoms with E-state index in [0.29, 0.717) is 5.82 Å². The normalized spacial score (nSPS) is 13.9. The Morgan fingerprint density at radius 1 is 0.941 bits per heavy atom. The minimum Gasteiger partial charge on any atom is -0.494 e. The van der Waals surface area contributed by atoms with Crippen LogP contribution in [0.1, 0.15) is 5.56 Å². The third-order valence-electron chi connectivity index (χ3n) is 6.13. The van der Waals surface area contributed by atoms with Gasteiger partial charge in [0.2, 0.25) is 0 Å². The van der Waals surface area contributed by atoms with E-state index in [4.69, 9.17) is 10.1 Å². The van der Waals surface area contributed by atoms with Crippen LogP contribution in [0.25, 0.3) is 11.3 Å². The molecule has 1 fully saturated rings. The van der Waals surface area contributed by atoms with Gasteiger partial charge in [-0.25, -0.2) is 9.97 Å². The lowest BCUT2D eigenvalue weighted by Crippen LogP contribution is -2.44. The van der Waals surface area contributed by atoms with E-state index in [9.17, 15) is 0 Å². The summed E-state index contributed by atoms with van der Waals surface area (Å²) in [6, 6.07) is 11.9. The standard InChI is InChI=1S/C25H32N8O/c1-27-19-11-17(5-6-18(19)15-26)20-13-25(30-16-29-20)31-22-12-21(28-2)23(14-24(22)34-4)33-9-7-32(3)8-10-33/h5-6,11-16,26-28H,7-10H2,1-4H3,(H,29,30,31). The Morgan fingerprint density at radius 3 is 2.38 bits per heavy atom. The van der Waals surface area contributed by atoms with Crippen molar-refractivity contribution in [2.75, 3.05) is 75.3 Å². The number of piperazine rings is 1. The number of aromatic nitrogens is 2. The van der Waals surface area contributed by atoms with Crippen molar-refractivity contribution in [1.82, 2.24) is 14.9 Å². The summed E-state index contributed by atoms with van der Waals surface area (Å²) >= 11 is 0. The lowest BCUT2D eigenvalue weighted by Gasteiger charge is -2.35. The summed E-state index contributed by atoms with van der Waals surface area (Å²) in [6.07, 6.45) is 2.88. The molecule has 4 rings (SSSR count). The Kier molecular flexibility index (Phi) is 7.12. The van der Waals surface area contributed by atoms with Crippen LogP contribution in [-0.4, -0.2) is 75.5 Å². The lowest BCUT2D eigenvalue weighted by atomic mass is 10.1. The number of rotatable bonds is 8. The van der Waals surface area contributed by atoms with Gasteiger partial charge < -0.3 is 35.9 Å². The van der Waals surface area contributed by atoms with Crippen LogP contribution in [0.15, 0.2) is 42.7 Å². The number of nitrogens with one attached hydrogen (secondary N) is 4. The number of hydrogen-bond donors (Lipinski definition) is 4. The molecule has 1 aliphatic rings. The Labute approximate surface area is 200 Å². The smallest absolute Gasteiger partial charge is 0.144 e. The molecular weight excluding hydrogens is 428 g/mol. The number of benzene rings is 2. The van der Waals surface area contributed by atoms with Crippen LogP contribution in [0.2, 0.25) is 0 Å². The van der Waals surface area contributed by atoms with Crippen molar-refractivity contribution in [3.63, 3.8) is 0 Å². The fourth-order valence-corrected chi connectivity index (χ4v) is 4.12. The molecule has 9 heteroatoms. The Hall–Kier alpha value is -3.85. The molecule has 2 aromatic carbocycles. The summed E-state index contributed by atoms with van der Waals surface area (Å²) in [4.78, 5) is 13.6. The van der Waals surface area contributed by atoms with Gasteiger partial charge in [0.05, 0.1) is 29.9 Å². The first-order valence-corrected chi connectivity index (χ1v) is 11.3. The Balaban J connectivity index is 1.63. The predicted molar refractivity (Wildman–Crippen MR) is 140 cm³/mol. The van der Waals surface area contributed by atoms with Gasteiger partial charge in [-0.15, -0.1) is 0 Å². The van der Waals surface area contributed by atoms with Crippen LogP contribution in [0.4, 0.5) is 28.6 Å². The van der Waals surface area contributed by atoms with E-state index in [1.807, 2.05) is 38.4 Å². The molecule has 1 saturated heterocycles. The number of nitrogens with zero attached hydrogens (tertiary/aromatic N) is 4. The third-order valence-corrected chi connectivity index (χ3v) is 6.13. The van der Waals surface area contributed by atoms with Crippen molar-refractivity contribution in [2.45, 2.75) is 0 Å². The average molecular weight is 461 g/mol. The summed E-state index contributed by atoms with van der Waals surface area (Å²) < 4.78 is 5.74. The van der Waals surface area contributed by atoms with E-state index in [0.717, 1.165) is 71.5 Å². The van der Waals surface area contributed by atoms with E-state index in [1.165, 1.54) is 6.21 Å². The average Bonchev–Trinajstić information content (AvgIpc) is 2.88. The number of ether oxygens (including phenoxy) is 1. The third kappa shape index (κ3) is 4.89. The van der Waals surface area contributed by atoms with E-state index in [2.05, 4.69) is 54.9 Å². The van der Waals surface area contributed by atoms with E-state index < -0.39 is 0 Å². The monoisotopic (exact) mass is 460 g/mol. The molecule has 9 nitrogen and oxygen atoms in total. The molecular formula is C25H32N8O.